The maximum absolute atomic E-state index is 11.4. The Hall–Kier alpha value is -1.05. The zero-order valence-electron chi connectivity index (χ0n) is 16.5. The summed E-state index contributed by atoms with van der Waals surface area (Å²) in [5, 5.41) is 0. The molecular weight excluding hydrogens is 320 g/mol. The maximum Gasteiger partial charge on any atom is 0.302 e. The SMILES string of the molecule is CC(=O)O[C@@H]1CC[C@]2(C)C3CC[C@]45C=CC=C[C@H]4CCC5C3CC[C@H]2C1. The first-order valence-electron chi connectivity index (χ1n) is 11.1. The van der Waals surface area contributed by atoms with Crippen molar-refractivity contribution < 1.29 is 9.53 Å². The molecule has 4 fully saturated rings. The van der Waals surface area contributed by atoms with Gasteiger partial charge in [-0.3, -0.25) is 4.79 Å². The van der Waals surface area contributed by atoms with Crippen molar-refractivity contribution in [1.29, 1.82) is 0 Å². The lowest BCUT2D eigenvalue weighted by Crippen LogP contribution is -2.54. The molecule has 0 heterocycles. The minimum absolute atomic E-state index is 0.0963. The molecule has 2 nitrogen and oxygen atoms in total. The van der Waals surface area contributed by atoms with E-state index in [1.807, 2.05) is 0 Å². The Morgan fingerprint density at radius 1 is 1.00 bits per heavy atom. The molecule has 0 aliphatic heterocycles. The van der Waals surface area contributed by atoms with E-state index < -0.39 is 0 Å². The predicted octanol–water partition coefficient (Wildman–Crippen LogP) is 5.68. The van der Waals surface area contributed by atoms with Crippen molar-refractivity contribution in [2.24, 2.45) is 40.4 Å². The number of allylic oxidation sites excluding steroid dienone is 4. The number of fused-ring (bicyclic) bond motifs is 4. The van der Waals surface area contributed by atoms with Gasteiger partial charge in [-0.1, -0.05) is 31.2 Å². The predicted molar refractivity (Wildman–Crippen MR) is 103 cm³/mol. The number of hydrogen-bond acceptors (Lipinski definition) is 2. The standard InChI is InChI=1S/C24H34O2/c1-16(25)26-19-10-13-23(2)18(15-19)6-8-20-21(23)11-14-24-12-4-3-5-17(24)7-9-22(20)24/h3-5,12,17-22H,6-11,13-15H2,1-2H3/t17-,18-,19+,20?,21?,22?,23-,24+/m0/s1. The van der Waals surface area contributed by atoms with Gasteiger partial charge in [0.15, 0.2) is 0 Å². The number of ether oxygens (including phenoxy) is 1. The van der Waals surface area contributed by atoms with E-state index >= 15 is 0 Å². The van der Waals surface area contributed by atoms with Gasteiger partial charge in [-0.15, -0.1) is 0 Å². The summed E-state index contributed by atoms with van der Waals surface area (Å²) >= 11 is 0. The lowest BCUT2D eigenvalue weighted by atomic mass is 9.44. The van der Waals surface area contributed by atoms with Gasteiger partial charge in [0.1, 0.15) is 6.10 Å². The van der Waals surface area contributed by atoms with Crippen molar-refractivity contribution in [3.05, 3.63) is 24.3 Å². The third-order valence-corrected chi connectivity index (χ3v) is 9.47. The van der Waals surface area contributed by atoms with Crippen molar-refractivity contribution in [2.75, 3.05) is 0 Å². The van der Waals surface area contributed by atoms with Gasteiger partial charge in [-0.25, -0.2) is 0 Å². The van der Waals surface area contributed by atoms with Crippen molar-refractivity contribution in [3.63, 3.8) is 0 Å². The summed E-state index contributed by atoms with van der Waals surface area (Å²) in [6, 6.07) is 0. The lowest BCUT2D eigenvalue weighted by Gasteiger charge is -2.61. The van der Waals surface area contributed by atoms with E-state index in [-0.39, 0.29) is 12.1 Å². The summed E-state index contributed by atoms with van der Waals surface area (Å²) in [5.74, 6) is 4.21. The molecule has 3 unspecified atom stereocenters. The molecule has 0 bridgehead atoms. The van der Waals surface area contributed by atoms with Gasteiger partial charge in [-0.05, 0) is 98.2 Å². The zero-order chi connectivity index (χ0) is 17.9. The molecule has 5 rings (SSSR count). The van der Waals surface area contributed by atoms with Crippen LogP contribution in [0.4, 0.5) is 0 Å². The second-order valence-electron chi connectivity index (χ2n) is 10.2. The van der Waals surface area contributed by atoms with Crippen LogP contribution in [0.2, 0.25) is 0 Å². The van der Waals surface area contributed by atoms with Gasteiger partial charge >= 0.3 is 5.97 Å². The zero-order valence-corrected chi connectivity index (χ0v) is 16.5. The first-order valence-corrected chi connectivity index (χ1v) is 11.1. The highest BCUT2D eigenvalue weighted by atomic mass is 16.5. The molecule has 0 radical (unpaired) electrons. The van der Waals surface area contributed by atoms with Gasteiger partial charge in [0.05, 0.1) is 0 Å². The van der Waals surface area contributed by atoms with E-state index in [9.17, 15) is 4.79 Å². The van der Waals surface area contributed by atoms with Crippen LogP contribution in [0.15, 0.2) is 24.3 Å². The molecule has 5 aliphatic rings. The number of carbonyl (C=O) groups is 1. The number of hydrogen-bond donors (Lipinski definition) is 0. The van der Waals surface area contributed by atoms with Gasteiger partial charge in [-0.2, -0.15) is 0 Å². The molecule has 5 aliphatic carbocycles. The third-order valence-electron chi connectivity index (χ3n) is 9.47. The molecule has 0 saturated heterocycles. The van der Waals surface area contributed by atoms with Crippen LogP contribution in [0, 0.1) is 40.4 Å². The molecule has 0 aromatic carbocycles. The van der Waals surface area contributed by atoms with Crippen LogP contribution in [0.1, 0.15) is 71.6 Å². The summed E-state index contributed by atoms with van der Waals surface area (Å²) in [5.41, 5.74) is 0.974. The fourth-order valence-corrected chi connectivity index (χ4v) is 8.37. The minimum Gasteiger partial charge on any atom is -0.463 e. The van der Waals surface area contributed by atoms with Crippen LogP contribution in [-0.2, 0) is 9.53 Å². The van der Waals surface area contributed by atoms with Crippen LogP contribution < -0.4 is 0 Å². The highest BCUT2D eigenvalue weighted by molar-refractivity contribution is 5.66. The third kappa shape index (κ3) is 2.33. The first kappa shape index (κ1) is 17.1. The normalized spacial score (nSPS) is 51.8. The summed E-state index contributed by atoms with van der Waals surface area (Å²) < 4.78 is 5.60. The van der Waals surface area contributed by atoms with Crippen LogP contribution in [0.3, 0.4) is 0 Å². The van der Waals surface area contributed by atoms with E-state index in [0.29, 0.717) is 10.8 Å². The topological polar surface area (TPSA) is 26.3 Å². The van der Waals surface area contributed by atoms with Gasteiger partial charge in [0.2, 0.25) is 0 Å². The Morgan fingerprint density at radius 2 is 1.88 bits per heavy atom. The van der Waals surface area contributed by atoms with Crippen LogP contribution in [0.5, 0.6) is 0 Å². The maximum atomic E-state index is 11.4. The van der Waals surface area contributed by atoms with E-state index in [0.717, 1.165) is 42.4 Å². The van der Waals surface area contributed by atoms with Crippen molar-refractivity contribution >= 4 is 5.97 Å². The quantitative estimate of drug-likeness (QED) is 0.566. The van der Waals surface area contributed by atoms with E-state index in [1.54, 1.807) is 6.92 Å². The van der Waals surface area contributed by atoms with Gasteiger partial charge in [0.25, 0.3) is 0 Å². The van der Waals surface area contributed by atoms with Crippen LogP contribution in [-0.4, -0.2) is 12.1 Å². The van der Waals surface area contributed by atoms with E-state index in [2.05, 4.69) is 31.2 Å². The largest absolute Gasteiger partial charge is 0.463 e. The first-order chi connectivity index (χ1) is 12.5. The Balaban J connectivity index is 1.38. The Kier molecular flexibility index (Phi) is 3.92. The number of rotatable bonds is 1. The molecule has 26 heavy (non-hydrogen) atoms. The molecule has 0 aromatic rings. The highest BCUT2D eigenvalue weighted by Gasteiger charge is 2.60. The average Bonchev–Trinajstić information content (AvgIpc) is 3.01. The molecule has 0 aromatic heterocycles. The van der Waals surface area contributed by atoms with Crippen molar-refractivity contribution in [3.8, 4) is 0 Å². The summed E-state index contributed by atoms with van der Waals surface area (Å²) in [6.45, 7) is 4.16. The molecule has 142 valence electrons. The summed E-state index contributed by atoms with van der Waals surface area (Å²) in [6.07, 6.45) is 21.8. The lowest BCUT2D eigenvalue weighted by molar-refractivity contribution is -0.158. The molecule has 0 amide bonds. The summed E-state index contributed by atoms with van der Waals surface area (Å²) in [4.78, 5) is 11.4. The Labute approximate surface area is 158 Å². The molecular formula is C24H34O2. The number of carbonyl (C=O) groups excluding carboxylic acids is 1. The molecule has 4 saturated carbocycles. The van der Waals surface area contributed by atoms with Gasteiger partial charge < -0.3 is 4.74 Å². The molecule has 8 atom stereocenters. The monoisotopic (exact) mass is 354 g/mol. The molecule has 0 N–H and O–H groups in total. The fraction of sp³-hybridized carbons (Fsp3) is 0.792. The van der Waals surface area contributed by atoms with Crippen molar-refractivity contribution in [2.45, 2.75) is 77.7 Å². The van der Waals surface area contributed by atoms with E-state index in [1.165, 1.54) is 44.9 Å². The molecule has 1 spiro atoms. The van der Waals surface area contributed by atoms with Crippen molar-refractivity contribution in [1.82, 2.24) is 0 Å². The second-order valence-corrected chi connectivity index (χ2v) is 10.2. The fourth-order valence-electron chi connectivity index (χ4n) is 8.37. The summed E-state index contributed by atoms with van der Waals surface area (Å²) in [7, 11) is 0. The Morgan fingerprint density at radius 3 is 2.73 bits per heavy atom. The van der Waals surface area contributed by atoms with E-state index in [4.69, 9.17) is 4.74 Å². The number of esters is 1. The highest BCUT2D eigenvalue weighted by Crippen LogP contribution is 2.68. The average molecular weight is 355 g/mol. The second kappa shape index (κ2) is 5.97. The molecule has 2 heteroatoms. The minimum atomic E-state index is -0.0963. The van der Waals surface area contributed by atoms with Crippen LogP contribution >= 0.6 is 0 Å². The Bertz CT molecular complexity index is 649. The van der Waals surface area contributed by atoms with Crippen LogP contribution in [0.25, 0.3) is 0 Å². The smallest absolute Gasteiger partial charge is 0.302 e. The van der Waals surface area contributed by atoms with Gasteiger partial charge in [0, 0.05) is 6.92 Å².